The van der Waals surface area contributed by atoms with E-state index in [1.54, 1.807) is 0 Å². The third kappa shape index (κ3) is 2.34. The second-order valence-electron chi connectivity index (χ2n) is 8.02. The first-order chi connectivity index (χ1) is 9.96. The highest BCUT2D eigenvalue weighted by atomic mass is 79.9. The van der Waals surface area contributed by atoms with Crippen LogP contribution in [-0.2, 0) is 4.79 Å². The molecule has 4 saturated carbocycles. The van der Waals surface area contributed by atoms with Gasteiger partial charge >= 0.3 is 0 Å². The first-order valence-corrected chi connectivity index (χ1v) is 8.83. The van der Waals surface area contributed by atoms with Crippen LogP contribution in [-0.4, -0.2) is 5.91 Å². The Kier molecular flexibility index (Phi) is 3.01. The Morgan fingerprint density at radius 1 is 1.24 bits per heavy atom. The number of nitrogens with one attached hydrogen (secondary N) is 1. The molecule has 0 aliphatic heterocycles. The van der Waals surface area contributed by atoms with Gasteiger partial charge in [-0.3, -0.25) is 4.79 Å². The average Bonchev–Trinajstić information content (AvgIpc) is 2.35. The van der Waals surface area contributed by atoms with Gasteiger partial charge in [0.25, 0.3) is 0 Å². The Bertz CT molecular complexity index is 583. The molecule has 0 aromatic heterocycles. The van der Waals surface area contributed by atoms with Crippen molar-refractivity contribution in [2.75, 3.05) is 5.32 Å². The Hall–Kier alpha value is -0.830. The van der Waals surface area contributed by atoms with Gasteiger partial charge in [-0.05, 0) is 74.0 Å². The van der Waals surface area contributed by atoms with E-state index in [9.17, 15) is 4.79 Å². The summed E-state index contributed by atoms with van der Waals surface area (Å²) in [5.41, 5.74) is 1.23. The molecule has 2 nitrogen and oxygen atoms in total. The lowest BCUT2D eigenvalue weighted by Gasteiger charge is -2.60. The predicted molar refractivity (Wildman–Crippen MR) is 88.0 cm³/mol. The van der Waals surface area contributed by atoms with E-state index >= 15 is 0 Å². The van der Waals surface area contributed by atoms with Gasteiger partial charge in [-0.2, -0.15) is 0 Å². The number of amides is 1. The fraction of sp³-hybridized carbons (Fsp3) is 0.611. The molecule has 0 heterocycles. The first kappa shape index (κ1) is 13.8. The molecule has 1 amide bonds. The molecule has 1 aromatic rings. The zero-order valence-electron chi connectivity index (χ0n) is 12.5. The van der Waals surface area contributed by atoms with Crippen molar-refractivity contribution in [1.29, 1.82) is 0 Å². The molecule has 21 heavy (non-hydrogen) atoms. The SMILES string of the molecule is CC12CC3CC(C1)CC(C(=O)Nc1cccc(Br)c1)(C3)C2. The van der Waals surface area contributed by atoms with Gasteiger partial charge < -0.3 is 5.32 Å². The van der Waals surface area contributed by atoms with E-state index in [0.29, 0.717) is 5.41 Å². The normalized spacial score (nSPS) is 40.3. The van der Waals surface area contributed by atoms with Crippen LogP contribution in [0.4, 0.5) is 5.69 Å². The number of halogens is 1. The van der Waals surface area contributed by atoms with Crippen LogP contribution in [0.1, 0.15) is 45.4 Å². The molecule has 3 heteroatoms. The number of carbonyl (C=O) groups is 1. The van der Waals surface area contributed by atoms with E-state index in [0.717, 1.165) is 41.3 Å². The number of anilines is 1. The van der Waals surface area contributed by atoms with Crippen LogP contribution < -0.4 is 5.32 Å². The van der Waals surface area contributed by atoms with Crippen molar-refractivity contribution in [3.8, 4) is 0 Å². The number of hydrogen-bond acceptors (Lipinski definition) is 1. The Balaban J connectivity index is 1.59. The molecule has 1 N–H and O–H groups in total. The van der Waals surface area contributed by atoms with Gasteiger partial charge in [0.1, 0.15) is 0 Å². The molecule has 4 bridgehead atoms. The van der Waals surface area contributed by atoms with Crippen LogP contribution in [0.3, 0.4) is 0 Å². The van der Waals surface area contributed by atoms with Gasteiger partial charge in [-0.15, -0.1) is 0 Å². The highest BCUT2D eigenvalue weighted by Gasteiger charge is 2.58. The topological polar surface area (TPSA) is 29.1 Å². The summed E-state index contributed by atoms with van der Waals surface area (Å²) in [5, 5.41) is 3.19. The average molecular weight is 348 g/mol. The maximum Gasteiger partial charge on any atom is 0.230 e. The number of carbonyl (C=O) groups excluding carboxylic acids is 1. The van der Waals surface area contributed by atoms with Gasteiger partial charge in [0.15, 0.2) is 0 Å². The van der Waals surface area contributed by atoms with Crippen molar-refractivity contribution in [3.63, 3.8) is 0 Å². The van der Waals surface area contributed by atoms with Crippen LogP contribution >= 0.6 is 15.9 Å². The Morgan fingerprint density at radius 2 is 1.95 bits per heavy atom. The van der Waals surface area contributed by atoms with E-state index in [1.165, 1.54) is 19.3 Å². The molecule has 4 aliphatic rings. The predicted octanol–water partition coefficient (Wildman–Crippen LogP) is 4.99. The highest BCUT2D eigenvalue weighted by molar-refractivity contribution is 9.10. The quantitative estimate of drug-likeness (QED) is 0.801. The minimum absolute atomic E-state index is 0.0961. The molecule has 0 saturated heterocycles. The molecule has 2 atom stereocenters. The van der Waals surface area contributed by atoms with E-state index in [-0.39, 0.29) is 11.3 Å². The minimum atomic E-state index is -0.0961. The molecule has 1 aromatic carbocycles. The molecular weight excluding hydrogens is 326 g/mol. The molecule has 0 spiro atoms. The first-order valence-electron chi connectivity index (χ1n) is 8.04. The van der Waals surface area contributed by atoms with Gasteiger partial charge in [-0.1, -0.05) is 28.9 Å². The van der Waals surface area contributed by atoms with Crippen molar-refractivity contribution >= 4 is 27.5 Å². The van der Waals surface area contributed by atoms with E-state index < -0.39 is 0 Å². The summed E-state index contributed by atoms with van der Waals surface area (Å²) in [6, 6.07) is 7.92. The third-order valence-electron chi connectivity index (χ3n) is 5.92. The van der Waals surface area contributed by atoms with Crippen molar-refractivity contribution in [2.24, 2.45) is 22.7 Å². The van der Waals surface area contributed by atoms with Crippen LogP contribution in [0.15, 0.2) is 28.7 Å². The molecule has 4 fully saturated rings. The number of rotatable bonds is 2. The summed E-state index contributed by atoms with van der Waals surface area (Å²) in [4.78, 5) is 13.0. The summed E-state index contributed by atoms with van der Waals surface area (Å²) in [5.74, 6) is 1.83. The molecule has 5 rings (SSSR count). The third-order valence-corrected chi connectivity index (χ3v) is 6.41. The zero-order valence-corrected chi connectivity index (χ0v) is 14.1. The van der Waals surface area contributed by atoms with Crippen LogP contribution in [0.2, 0.25) is 0 Å². The second-order valence-corrected chi connectivity index (χ2v) is 8.93. The van der Waals surface area contributed by atoms with Crippen LogP contribution in [0.5, 0.6) is 0 Å². The smallest absolute Gasteiger partial charge is 0.230 e. The molecule has 2 unspecified atom stereocenters. The lowest BCUT2D eigenvalue weighted by molar-refractivity contribution is -0.149. The van der Waals surface area contributed by atoms with Gasteiger partial charge in [0.05, 0.1) is 5.41 Å². The lowest BCUT2D eigenvalue weighted by Crippen LogP contribution is -2.55. The van der Waals surface area contributed by atoms with E-state index in [2.05, 4.69) is 28.2 Å². The summed E-state index contributed by atoms with van der Waals surface area (Å²) >= 11 is 3.47. The van der Waals surface area contributed by atoms with Gasteiger partial charge in [-0.25, -0.2) is 0 Å². The fourth-order valence-corrected chi connectivity index (χ4v) is 6.22. The zero-order chi connectivity index (χ0) is 14.7. The minimum Gasteiger partial charge on any atom is -0.326 e. The summed E-state index contributed by atoms with van der Waals surface area (Å²) in [7, 11) is 0. The number of hydrogen-bond donors (Lipinski definition) is 1. The van der Waals surface area contributed by atoms with Crippen molar-refractivity contribution < 1.29 is 4.79 Å². The maximum atomic E-state index is 13.0. The maximum absolute atomic E-state index is 13.0. The molecule has 0 radical (unpaired) electrons. The summed E-state index contributed by atoms with van der Waals surface area (Å²) < 4.78 is 1.01. The van der Waals surface area contributed by atoms with Crippen LogP contribution in [0, 0.1) is 22.7 Å². The Labute approximate surface area is 134 Å². The van der Waals surface area contributed by atoms with E-state index in [1.807, 2.05) is 24.3 Å². The van der Waals surface area contributed by atoms with Gasteiger partial charge in [0, 0.05) is 10.2 Å². The summed E-state index contributed by atoms with van der Waals surface area (Å²) in [6.07, 6.45) is 7.36. The molecule has 112 valence electrons. The van der Waals surface area contributed by atoms with Gasteiger partial charge in [0.2, 0.25) is 5.91 Å². The van der Waals surface area contributed by atoms with E-state index in [4.69, 9.17) is 0 Å². The number of benzene rings is 1. The highest BCUT2D eigenvalue weighted by Crippen LogP contribution is 2.65. The summed E-state index contributed by atoms with van der Waals surface area (Å²) in [6.45, 7) is 2.41. The monoisotopic (exact) mass is 347 g/mol. The van der Waals surface area contributed by atoms with Crippen molar-refractivity contribution in [2.45, 2.75) is 45.4 Å². The fourth-order valence-electron chi connectivity index (χ4n) is 5.82. The Morgan fingerprint density at radius 3 is 2.57 bits per heavy atom. The standard InChI is InChI=1S/C18H22BrNO/c1-17-7-12-5-13(8-17)10-18(9-12,11-17)16(21)20-15-4-2-3-14(19)6-15/h2-4,6,12-13H,5,7-11H2,1H3,(H,20,21). The van der Waals surface area contributed by atoms with Crippen molar-refractivity contribution in [1.82, 2.24) is 0 Å². The molecule has 4 aliphatic carbocycles. The lowest BCUT2D eigenvalue weighted by atomic mass is 9.44. The molecular formula is C18H22BrNO. The van der Waals surface area contributed by atoms with Crippen LogP contribution in [0.25, 0.3) is 0 Å². The second kappa shape index (κ2) is 4.58. The van der Waals surface area contributed by atoms with Crippen molar-refractivity contribution in [3.05, 3.63) is 28.7 Å². The largest absolute Gasteiger partial charge is 0.326 e.